The molecule has 0 atom stereocenters. The largest absolute Gasteiger partial charge is 0.265 e. The smallest absolute Gasteiger partial charge is 0.175 e. The molecule has 0 amide bonds. The van der Waals surface area contributed by atoms with Crippen LogP contribution in [-0.4, -0.2) is 29.4 Å². The Balaban J connectivity index is 1.69. The van der Waals surface area contributed by atoms with Gasteiger partial charge < -0.3 is 0 Å². The summed E-state index contributed by atoms with van der Waals surface area (Å²) in [6, 6.07) is 10.5. The molecule has 5 rings (SSSR count). The molecule has 28 heavy (non-hydrogen) atoms. The van der Waals surface area contributed by atoms with Crippen LogP contribution in [0.1, 0.15) is 0 Å². The van der Waals surface area contributed by atoms with Crippen LogP contribution in [-0.2, 0) is 0 Å². The second-order valence-corrected chi connectivity index (χ2v) is 7.61. The quantitative estimate of drug-likeness (QED) is 0.344. The average molecular weight is 450 g/mol. The summed E-state index contributed by atoms with van der Waals surface area (Å²) in [7, 11) is 0. The maximum Gasteiger partial charge on any atom is 0.175 e. The Labute approximate surface area is 178 Å². The van der Waals surface area contributed by atoms with Crippen LogP contribution in [0.5, 0.6) is 0 Å². The Morgan fingerprint density at radius 1 is 0.750 bits per heavy atom. The number of nitrogens with zero attached hydrogens (tertiary/aromatic N) is 6. The van der Waals surface area contributed by atoms with Crippen LogP contribution in [0.2, 0.25) is 20.1 Å². The molecule has 0 saturated carbocycles. The van der Waals surface area contributed by atoms with Gasteiger partial charge in [-0.1, -0.05) is 46.4 Å². The number of benzene rings is 2. The molecule has 2 aromatic carbocycles. The van der Waals surface area contributed by atoms with Crippen molar-refractivity contribution in [1.82, 2.24) is 29.4 Å². The molecule has 6 nitrogen and oxygen atoms in total. The summed E-state index contributed by atoms with van der Waals surface area (Å²) < 4.78 is 3.45. The van der Waals surface area contributed by atoms with E-state index in [0.29, 0.717) is 37.2 Å². The molecule has 0 N–H and O–H groups in total. The van der Waals surface area contributed by atoms with Crippen LogP contribution >= 0.6 is 46.4 Å². The molecule has 0 radical (unpaired) electrons. The highest BCUT2D eigenvalue weighted by Gasteiger charge is 2.16. The third kappa shape index (κ3) is 2.72. The van der Waals surface area contributed by atoms with Crippen molar-refractivity contribution in [1.29, 1.82) is 0 Å². The lowest BCUT2D eigenvalue weighted by atomic mass is 10.2. The SMILES string of the molecule is Clc1ccc(-c2nnc3c4cnn(-c5ccc(Cl)c(Cl)c5)c4ncn23)cc1Cl. The van der Waals surface area contributed by atoms with Crippen molar-refractivity contribution in [2.45, 2.75) is 0 Å². The van der Waals surface area contributed by atoms with Crippen molar-refractivity contribution in [2.24, 2.45) is 0 Å². The van der Waals surface area contributed by atoms with E-state index in [0.717, 1.165) is 16.6 Å². The van der Waals surface area contributed by atoms with Gasteiger partial charge in [0, 0.05) is 5.56 Å². The Kier molecular flexibility index (Phi) is 4.17. The molecule has 0 bridgehead atoms. The van der Waals surface area contributed by atoms with E-state index >= 15 is 0 Å². The van der Waals surface area contributed by atoms with Gasteiger partial charge in [-0.25, -0.2) is 9.67 Å². The lowest BCUT2D eigenvalue weighted by Crippen LogP contribution is -1.99. The van der Waals surface area contributed by atoms with E-state index in [9.17, 15) is 0 Å². The first-order valence-corrected chi connectivity index (χ1v) is 9.52. The van der Waals surface area contributed by atoms with Gasteiger partial charge in [-0.2, -0.15) is 5.10 Å². The van der Waals surface area contributed by atoms with Crippen molar-refractivity contribution in [2.75, 3.05) is 0 Å². The zero-order valence-corrected chi connectivity index (χ0v) is 16.8. The highest BCUT2D eigenvalue weighted by atomic mass is 35.5. The molecule has 0 aliphatic heterocycles. The molecule has 0 spiro atoms. The van der Waals surface area contributed by atoms with Crippen LogP contribution in [0.25, 0.3) is 33.8 Å². The summed E-state index contributed by atoms with van der Waals surface area (Å²) in [5.41, 5.74) is 2.77. The van der Waals surface area contributed by atoms with Gasteiger partial charge in [0.1, 0.15) is 6.33 Å². The van der Waals surface area contributed by atoms with Crippen LogP contribution < -0.4 is 0 Å². The third-order valence-corrected chi connectivity index (χ3v) is 5.78. The summed E-state index contributed by atoms with van der Waals surface area (Å²) in [5, 5.41) is 15.6. The van der Waals surface area contributed by atoms with E-state index < -0.39 is 0 Å². The molecular weight excluding hydrogens is 442 g/mol. The van der Waals surface area contributed by atoms with Crippen molar-refractivity contribution in [3.8, 4) is 17.1 Å². The zero-order valence-electron chi connectivity index (χ0n) is 13.8. The maximum atomic E-state index is 6.13. The number of aromatic nitrogens is 6. The molecular formula is C18H8Cl4N6. The number of hydrogen-bond donors (Lipinski definition) is 0. The third-order valence-electron chi connectivity index (χ3n) is 4.30. The fraction of sp³-hybridized carbons (Fsp3) is 0. The number of halogens is 4. The van der Waals surface area contributed by atoms with Gasteiger partial charge in [-0.05, 0) is 36.4 Å². The molecule has 138 valence electrons. The standard InChI is InChI=1S/C18H8Cl4N6/c19-12-3-1-9(5-14(12)21)16-25-26-18-11-7-24-28(17(11)23-8-27(16)18)10-2-4-13(20)15(22)6-10/h1-8H. The van der Waals surface area contributed by atoms with Gasteiger partial charge in [0.25, 0.3) is 0 Å². The van der Waals surface area contributed by atoms with Gasteiger partial charge in [-0.3, -0.25) is 4.40 Å². The number of fused-ring (bicyclic) bond motifs is 3. The summed E-state index contributed by atoms with van der Waals surface area (Å²) in [6.45, 7) is 0. The number of hydrogen-bond acceptors (Lipinski definition) is 4. The van der Waals surface area contributed by atoms with Crippen molar-refractivity contribution >= 4 is 63.1 Å². The van der Waals surface area contributed by atoms with E-state index in [-0.39, 0.29) is 0 Å². The Bertz CT molecular complexity index is 1270. The van der Waals surface area contributed by atoms with Crippen LogP contribution in [0.3, 0.4) is 0 Å². The topological polar surface area (TPSA) is 60.9 Å². The summed E-state index contributed by atoms with van der Waals surface area (Å²) in [5.74, 6) is 0.602. The first kappa shape index (κ1) is 17.7. The van der Waals surface area contributed by atoms with Crippen molar-refractivity contribution in [3.63, 3.8) is 0 Å². The zero-order chi connectivity index (χ0) is 19.4. The molecule has 0 aliphatic carbocycles. The summed E-state index contributed by atoms with van der Waals surface area (Å²) in [6.07, 6.45) is 3.33. The van der Waals surface area contributed by atoms with Crippen molar-refractivity contribution < 1.29 is 0 Å². The molecule has 0 aliphatic rings. The highest BCUT2D eigenvalue weighted by Crippen LogP contribution is 2.30. The minimum atomic E-state index is 0.438. The lowest BCUT2D eigenvalue weighted by Gasteiger charge is -2.05. The fourth-order valence-corrected chi connectivity index (χ4v) is 3.55. The first-order valence-electron chi connectivity index (χ1n) is 8.01. The minimum Gasteiger partial charge on any atom is -0.265 e. The number of rotatable bonds is 2. The minimum absolute atomic E-state index is 0.438. The Hall–Kier alpha value is -2.38. The fourth-order valence-electron chi connectivity index (χ4n) is 2.96. The second kappa shape index (κ2) is 6.60. The molecule has 0 unspecified atom stereocenters. The van der Waals surface area contributed by atoms with Gasteiger partial charge in [0.2, 0.25) is 0 Å². The normalized spacial score (nSPS) is 11.6. The lowest BCUT2D eigenvalue weighted by molar-refractivity contribution is 0.893. The second-order valence-electron chi connectivity index (χ2n) is 5.98. The van der Waals surface area contributed by atoms with Gasteiger partial charge >= 0.3 is 0 Å². The molecule has 5 aromatic rings. The molecule has 0 fully saturated rings. The Morgan fingerprint density at radius 2 is 1.50 bits per heavy atom. The summed E-state index contributed by atoms with van der Waals surface area (Å²) in [4.78, 5) is 4.54. The molecule has 3 heterocycles. The van der Waals surface area contributed by atoms with E-state index in [1.54, 1.807) is 45.9 Å². The summed E-state index contributed by atoms with van der Waals surface area (Å²) >= 11 is 24.3. The van der Waals surface area contributed by atoms with Gasteiger partial charge in [0.15, 0.2) is 17.1 Å². The maximum absolute atomic E-state index is 6.13. The van der Waals surface area contributed by atoms with Crippen LogP contribution in [0.4, 0.5) is 0 Å². The van der Waals surface area contributed by atoms with Gasteiger partial charge in [-0.15, -0.1) is 10.2 Å². The van der Waals surface area contributed by atoms with Crippen LogP contribution in [0, 0.1) is 0 Å². The van der Waals surface area contributed by atoms with E-state index in [4.69, 9.17) is 46.4 Å². The van der Waals surface area contributed by atoms with E-state index in [1.165, 1.54) is 0 Å². The van der Waals surface area contributed by atoms with E-state index in [2.05, 4.69) is 20.3 Å². The highest BCUT2D eigenvalue weighted by molar-refractivity contribution is 6.42. The molecule has 3 aromatic heterocycles. The van der Waals surface area contributed by atoms with Crippen LogP contribution in [0.15, 0.2) is 48.9 Å². The van der Waals surface area contributed by atoms with E-state index in [1.807, 2.05) is 12.1 Å². The molecule has 10 heteroatoms. The predicted molar refractivity (Wildman–Crippen MR) is 111 cm³/mol. The molecule has 0 saturated heterocycles. The van der Waals surface area contributed by atoms with Crippen molar-refractivity contribution in [3.05, 3.63) is 69.0 Å². The van der Waals surface area contributed by atoms with Gasteiger partial charge in [0.05, 0.1) is 37.4 Å². The average Bonchev–Trinajstić information content (AvgIpc) is 3.30. The predicted octanol–water partition coefficient (Wildman–Crippen LogP) is 5.74. The Morgan fingerprint density at radius 3 is 2.25 bits per heavy atom. The first-order chi connectivity index (χ1) is 13.5. The monoisotopic (exact) mass is 448 g/mol.